The van der Waals surface area contributed by atoms with E-state index < -0.39 is 16.1 Å². The van der Waals surface area contributed by atoms with Crippen LogP contribution in [0.3, 0.4) is 0 Å². The number of H-pyrrole nitrogens is 1. The van der Waals surface area contributed by atoms with Gasteiger partial charge in [0.25, 0.3) is 0 Å². The molecule has 0 unspecified atom stereocenters. The summed E-state index contributed by atoms with van der Waals surface area (Å²) < 4.78 is 24.5. The van der Waals surface area contributed by atoms with Gasteiger partial charge in [-0.3, -0.25) is 5.41 Å². The number of urea groups is 1. The number of nitrogens with two attached hydrogens (primary N) is 3. The normalized spacial score (nSPS) is 11.5. The number of nitrogens with zero attached hydrogens (tertiary/aromatic N) is 1. The summed E-state index contributed by atoms with van der Waals surface area (Å²) in [5.41, 5.74) is 12.6. The van der Waals surface area contributed by atoms with Crippen LogP contribution in [0.25, 0.3) is 33.5 Å². The van der Waals surface area contributed by atoms with Crippen molar-refractivity contribution in [1.82, 2.24) is 15.3 Å². The van der Waals surface area contributed by atoms with Crippen LogP contribution in [-0.2, 0) is 16.6 Å². The molecule has 1 aromatic heterocycles. The molecule has 0 bridgehead atoms. The smallest absolute Gasteiger partial charge is 0.312 e. The highest BCUT2D eigenvalue weighted by molar-refractivity contribution is 7.89. The number of nitrogens with one attached hydrogen (secondary N) is 3. The largest absolute Gasteiger partial charge is 0.507 e. The van der Waals surface area contributed by atoms with Crippen LogP contribution < -0.4 is 21.9 Å². The second-order valence-electron chi connectivity index (χ2n) is 7.71. The quantitative estimate of drug-likeness (QED) is 0.144. The molecule has 4 aromatic rings. The molecule has 4 rings (SSSR count). The number of amides is 2. The highest BCUT2D eigenvalue weighted by Gasteiger charge is 2.22. The van der Waals surface area contributed by atoms with E-state index in [1.165, 1.54) is 18.2 Å². The molecule has 3 aromatic carbocycles. The third-order valence-electron chi connectivity index (χ3n) is 5.28. The second kappa shape index (κ2) is 8.62. The number of aromatic nitrogens is 2. The fourth-order valence-corrected chi connectivity index (χ4v) is 4.12. The Balaban J connectivity index is 1.93. The SMILES string of the molecule is N=C(N)c1ccc2[nH]c(-c3cc(S(N)(=O)=O)cc(-c4cc(CNC(N)=O)ccc4O)c3O)nc2c1. The lowest BCUT2D eigenvalue weighted by Gasteiger charge is -2.14. The molecule has 2 amide bonds. The van der Waals surface area contributed by atoms with Crippen LogP contribution in [0.15, 0.2) is 53.4 Å². The van der Waals surface area contributed by atoms with E-state index in [-0.39, 0.29) is 51.3 Å². The van der Waals surface area contributed by atoms with Gasteiger partial charge in [-0.25, -0.2) is 23.3 Å². The van der Waals surface area contributed by atoms with Gasteiger partial charge in [0.05, 0.1) is 21.5 Å². The van der Waals surface area contributed by atoms with Gasteiger partial charge in [-0.05, 0) is 48.0 Å². The molecule has 0 radical (unpaired) electrons. The maximum absolute atomic E-state index is 12.2. The molecule has 0 aliphatic heterocycles. The molecule has 0 fully saturated rings. The zero-order chi connectivity index (χ0) is 25.5. The molecule has 0 saturated carbocycles. The van der Waals surface area contributed by atoms with E-state index in [1.54, 1.807) is 18.2 Å². The molecule has 0 spiro atoms. The molecule has 0 aliphatic rings. The van der Waals surface area contributed by atoms with Gasteiger partial charge in [-0.1, -0.05) is 6.07 Å². The van der Waals surface area contributed by atoms with Gasteiger partial charge in [0.1, 0.15) is 23.2 Å². The molecule has 180 valence electrons. The number of rotatable bonds is 6. The van der Waals surface area contributed by atoms with E-state index in [1.807, 2.05) is 0 Å². The summed E-state index contributed by atoms with van der Waals surface area (Å²) in [5.74, 6) is -0.662. The summed E-state index contributed by atoms with van der Waals surface area (Å²) in [6, 6.07) is 10.7. The Hall–Kier alpha value is -4.62. The van der Waals surface area contributed by atoms with Gasteiger partial charge >= 0.3 is 6.03 Å². The molecule has 11 N–H and O–H groups in total. The fraction of sp³-hybridized carbons (Fsp3) is 0.0455. The van der Waals surface area contributed by atoms with Crippen molar-refractivity contribution in [2.75, 3.05) is 0 Å². The van der Waals surface area contributed by atoms with Crippen molar-refractivity contribution in [1.29, 1.82) is 5.41 Å². The third-order valence-corrected chi connectivity index (χ3v) is 6.17. The minimum absolute atomic E-state index is 0.00663. The van der Waals surface area contributed by atoms with Crippen molar-refractivity contribution < 1.29 is 23.4 Å². The van der Waals surface area contributed by atoms with Crippen LogP contribution in [0, 0.1) is 5.41 Å². The van der Waals surface area contributed by atoms with Crippen LogP contribution in [0.1, 0.15) is 11.1 Å². The summed E-state index contributed by atoms with van der Waals surface area (Å²) in [5, 5.41) is 37.0. The van der Waals surface area contributed by atoms with E-state index in [2.05, 4.69) is 15.3 Å². The number of carbonyl (C=O) groups excluding carboxylic acids is 1. The topological polar surface area (TPSA) is 234 Å². The number of hydrogen-bond acceptors (Lipinski definition) is 7. The van der Waals surface area contributed by atoms with Crippen LogP contribution in [-0.4, -0.2) is 40.5 Å². The zero-order valence-corrected chi connectivity index (χ0v) is 18.8. The first kappa shape index (κ1) is 23.5. The Kier molecular flexibility index (Phi) is 5.80. The summed E-state index contributed by atoms with van der Waals surface area (Å²) >= 11 is 0. The third kappa shape index (κ3) is 4.71. The fourth-order valence-electron chi connectivity index (χ4n) is 3.56. The number of phenolic OH excluding ortho intramolecular Hbond substituents is 2. The van der Waals surface area contributed by atoms with Crippen LogP contribution in [0.4, 0.5) is 4.79 Å². The zero-order valence-electron chi connectivity index (χ0n) is 18.0. The molecule has 13 heteroatoms. The minimum Gasteiger partial charge on any atom is -0.507 e. The van der Waals surface area contributed by atoms with E-state index in [4.69, 9.17) is 22.0 Å². The highest BCUT2D eigenvalue weighted by atomic mass is 32.2. The van der Waals surface area contributed by atoms with Gasteiger partial charge < -0.3 is 32.0 Å². The second-order valence-corrected chi connectivity index (χ2v) is 9.27. The number of fused-ring (bicyclic) bond motifs is 1. The molecule has 12 nitrogen and oxygen atoms in total. The number of amidine groups is 1. The summed E-state index contributed by atoms with van der Waals surface area (Å²) in [6.45, 7) is 0.0349. The number of phenols is 2. The van der Waals surface area contributed by atoms with Crippen molar-refractivity contribution in [2.45, 2.75) is 11.4 Å². The highest BCUT2D eigenvalue weighted by Crippen LogP contribution is 2.43. The first-order chi connectivity index (χ1) is 16.4. The lowest BCUT2D eigenvalue weighted by Crippen LogP contribution is -2.28. The predicted molar refractivity (Wildman–Crippen MR) is 129 cm³/mol. The van der Waals surface area contributed by atoms with Gasteiger partial charge in [-0.15, -0.1) is 0 Å². The molecule has 0 atom stereocenters. The standard InChI is InChI=1S/C22H21N7O5S/c23-20(24)11-2-3-16-17(6-11)29-21(28-16)15-8-12(35(26,33)34)7-14(19(15)31)13-5-10(1-4-18(13)30)9-27-22(25)32/h1-8,30-31H,9H2,(H3,23,24)(H,28,29)(H3,25,27,32)(H2,26,33,34). The summed E-state index contributed by atoms with van der Waals surface area (Å²) in [7, 11) is -4.23. The van der Waals surface area contributed by atoms with Crippen molar-refractivity contribution in [3.8, 4) is 34.0 Å². The number of sulfonamides is 1. The van der Waals surface area contributed by atoms with Gasteiger partial charge in [0, 0.05) is 23.2 Å². The molecular formula is C22H21N7O5S. The number of imidazole rings is 1. The maximum atomic E-state index is 12.2. The van der Waals surface area contributed by atoms with Crippen LogP contribution in [0.2, 0.25) is 0 Å². The molecule has 0 saturated heterocycles. The number of primary sulfonamides is 1. The number of hydrogen-bond donors (Lipinski definition) is 8. The molecule has 1 heterocycles. The van der Waals surface area contributed by atoms with Crippen molar-refractivity contribution in [2.24, 2.45) is 16.6 Å². The number of carbonyl (C=O) groups is 1. The van der Waals surface area contributed by atoms with E-state index in [9.17, 15) is 23.4 Å². The summed E-state index contributed by atoms with van der Waals surface area (Å²) in [6.07, 6.45) is 0. The monoisotopic (exact) mass is 495 g/mol. The first-order valence-electron chi connectivity index (χ1n) is 10.0. The first-order valence-corrected chi connectivity index (χ1v) is 11.6. The number of nitrogen functional groups attached to an aromatic ring is 1. The van der Waals surface area contributed by atoms with Crippen LogP contribution in [0.5, 0.6) is 11.5 Å². The van der Waals surface area contributed by atoms with Crippen molar-refractivity contribution in [3.63, 3.8) is 0 Å². The number of aromatic hydroxyl groups is 2. The Morgan fingerprint density at radius 1 is 1.03 bits per heavy atom. The van der Waals surface area contributed by atoms with E-state index in [0.717, 1.165) is 12.1 Å². The molecule has 35 heavy (non-hydrogen) atoms. The van der Waals surface area contributed by atoms with Crippen LogP contribution >= 0.6 is 0 Å². The number of benzene rings is 3. The Morgan fingerprint density at radius 2 is 1.74 bits per heavy atom. The summed E-state index contributed by atoms with van der Waals surface area (Å²) in [4.78, 5) is 18.1. The van der Waals surface area contributed by atoms with Gasteiger partial charge in [0.2, 0.25) is 10.0 Å². The van der Waals surface area contributed by atoms with Gasteiger partial charge in [-0.2, -0.15) is 0 Å². The van der Waals surface area contributed by atoms with Crippen molar-refractivity contribution >= 4 is 32.9 Å². The van der Waals surface area contributed by atoms with Gasteiger partial charge in [0.15, 0.2) is 0 Å². The lowest BCUT2D eigenvalue weighted by molar-refractivity contribution is 0.248. The Bertz CT molecular complexity index is 1610. The molecule has 0 aliphatic carbocycles. The Morgan fingerprint density at radius 3 is 2.40 bits per heavy atom. The average molecular weight is 496 g/mol. The van der Waals surface area contributed by atoms with E-state index >= 15 is 0 Å². The number of aromatic amines is 1. The predicted octanol–water partition coefficient (Wildman–Crippen LogP) is 1.41. The minimum atomic E-state index is -4.23. The van der Waals surface area contributed by atoms with E-state index in [0.29, 0.717) is 22.2 Å². The Labute approximate surface area is 199 Å². The van der Waals surface area contributed by atoms with Crippen molar-refractivity contribution in [3.05, 3.63) is 59.7 Å². The lowest BCUT2D eigenvalue weighted by atomic mass is 9.98. The number of primary amides is 1. The maximum Gasteiger partial charge on any atom is 0.312 e. The average Bonchev–Trinajstić information content (AvgIpc) is 3.21. The molecular weight excluding hydrogens is 474 g/mol.